The molecule has 0 aliphatic carbocycles. The average molecular weight is 486 g/mol. The Kier molecular flexibility index (Phi) is 12.1. The summed E-state index contributed by atoms with van der Waals surface area (Å²) >= 11 is 0. The molecule has 0 bridgehead atoms. The number of aromatic nitrogens is 1. The van der Waals surface area contributed by atoms with Crippen LogP contribution in [-0.4, -0.2) is 44.1 Å². The van der Waals surface area contributed by atoms with Crippen LogP contribution >= 0.6 is 24.0 Å². The average Bonchev–Trinajstić information content (AvgIpc) is 3.02. The third-order valence-corrected chi connectivity index (χ3v) is 5.57. The van der Waals surface area contributed by atoms with E-state index in [1.807, 2.05) is 13.0 Å². The minimum Gasteiger partial charge on any atom is -0.359 e. The first-order chi connectivity index (χ1) is 11.5. The molecule has 0 aliphatic rings. The Bertz CT molecular complexity index is 613. The normalized spacial score (nSPS) is 12.1. The van der Waals surface area contributed by atoms with Crippen molar-refractivity contribution in [2.24, 2.45) is 4.99 Å². The summed E-state index contributed by atoms with van der Waals surface area (Å²) in [6.07, 6.45) is 2.06. The lowest BCUT2D eigenvalue weighted by Crippen LogP contribution is -2.39. The predicted octanol–water partition coefficient (Wildman–Crippen LogP) is 2.69. The van der Waals surface area contributed by atoms with Gasteiger partial charge in [0.2, 0.25) is 0 Å². The highest BCUT2D eigenvalue weighted by Crippen LogP contribution is 2.22. The third kappa shape index (κ3) is 8.89. The van der Waals surface area contributed by atoms with E-state index in [2.05, 4.69) is 34.6 Å². The van der Waals surface area contributed by atoms with Crippen LogP contribution in [0.4, 0.5) is 0 Å². The molecule has 2 N–H and O–H groups in total. The van der Waals surface area contributed by atoms with Crippen LogP contribution in [0.15, 0.2) is 15.6 Å². The molecule has 0 fully saturated rings. The van der Waals surface area contributed by atoms with Crippen molar-refractivity contribution in [3.8, 4) is 0 Å². The topological polar surface area (TPSA) is 96.6 Å². The Balaban J connectivity index is 0.00000576. The second-order valence-corrected chi connectivity index (χ2v) is 8.06. The van der Waals surface area contributed by atoms with Crippen molar-refractivity contribution in [2.45, 2.75) is 53.0 Å². The van der Waals surface area contributed by atoms with Crippen molar-refractivity contribution >= 4 is 39.8 Å². The van der Waals surface area contributed by atoms with Gasteiger partial charge < -0.3 is 15.2 Å². The van der Waals surface area contributed by atoms with Crippen LogP contribution in [0.5, 0.6) is 0 Å². The molecular formula is C16H31IN4O3S. The van der Waals surface area contributed by atoms with E-state index in [-0.39, 0.29) is 35.5 Å². The highest BCUT2D eigenvalue weighted by atomic mass is 127. The molecule has 0 saturated carbocycles. The van der Waals surface area contributed by atoms with Gasteiger partial charge in [-0.3, -0.25) is 0 Å². The number of hydrogen-bond donors (Lipinski definition) is 2. The summed E-state index contributed by atoms with van der Waals surface area (Å²) in [5, 5.41) is 10.2. The number of guanidine groups is 1. The zero-order chi connectivity index (χ0) is 18.0. The molecule has 0 unspecified atom stereocenters. The number of nitrogens with one attached hydrogen (secondary N) is 2. The maximum atomic E-state index is 11.5. The molecule has 0 aliphatic heterocycles. The molecule has 1 rings (SSSR count). The van der Waals surface area contributed by atoms with E-state index >= 15 is 0 Å². The largest absolute Gasteiger partial charge is 0.359 e. The number of rotatable bonds is 10. The summed E-state index contributed by atoms with van der Waals surface area (Å²) in [7, 11) is -2.98. The standard InChI is InChI=1S/C16H30N4O3S.HI/c1-5-13(6-2)15-11-14(23-20-15)12-19-16(17-7-3)18-9-10-24(21,22)8-4;/h11,13H,5-10,12H2,1-4H3,(H2,17,18,19);1H. The van der Waals surface area contributed by atoms with Crippen LogP contribution in [0.2, 0.25) is 0 Å². The molecule has 0 radical (unpaired) electrons. The molecule has 0 amide bonds. The monoisotopic (exact) mass is 486 g/mol. The Morgan fingerprint density at radius 1 is 1.24 bits per heavy atom. The van der Waals surface area contributed by atoms with Gasteiger partial charge in [0.1, 0.15) is 6.54 Å². The maximum absolute atomic E-state index is 11.5. The minimum atomic E-state index is -2.98. The Labute approximate surface area is 168 Å². The van der Waals surface area contributed by atoms with Gasteiger partial charge in [-0.1, -0.05) is 25.9 Å². The zero-order valence-corrected chi connectivity index (χ0v) is 18.7. The number of hydrogen-bond acceptors (Lipinski definition) is 5. The van der Waals surface area contributed by atoms with Crippen molar-refractivity contribution in [1.82, 2.24) is 15.8 Å². The molecular weight excluding hydrogens is 455 g/mol. The van der Waals surface area contributed by atoms with E-state index in [0.29, 0.717) is 37.3 Å². The van der Waals surface area contributed by atoms with Crippen LogP contribution in [-0.2, 0) is 16.4 Å². The summed E-state index contributed by atoms with van der Waals surface area (Å²) in [6.45, 7) is 9.27. The van der Waals surface area contributed by atoms with Gasteiger partial charge in [0, 0.05) is 30.8 Å². The van der Waals surface area contributed by atoms with Crippen molar-refractivity contribution in [1.29, 1.82) is 0 Å². The fourth-order valence-electron chi connectivity index (χ4n) is 2.27. The second kappa shape index (κ2) is 12.5. The fraction of sp³-hybridized carbons (Fsp3) is 0.750. The van der Waals surface area contributed by atoms with E-state index in [1.165, 1.54) is 0 Å². The third-order valence-electron chi connectivity index (χ3n) is 3.86. The molecule has 0 spiro atoms. The Morgan fingerprint density at radius 3 is 2.48 bits per heavy atom. The van der Waals surface area contributed by atoms with Crippen molar-refractivity contribution in [3.63, 3.8) is 0 Å². The molecule has 25 heavy (non-hydrogen) atoms. The molecule has 7 nitrogen and oxygen atoms in total. The highest BCUT2D eigenvalue weighted by molar-refractivity contribution is 14.0. The molecule has 1 heterocycles. The van der Waals surface area contributed by atoms with E-state index in [0.717, 1.165) is 18.5 Å². The van der Waals surface area contributed by atoms with E-state index in [4.69, 9.17) is 4.52 Å². The van der Waals surface area contributed by atoms with Gasteiger partial charge in [-0.2, -0.15) is 0 Å². The summed E-state index contributed by atoms with van der Waals surface area (Å²) in [5.74, 6) is 1.94. The number of nitrogens with zero attached hydrogens (tertiary/aromatic N) is 2. The SMILES string of the molecule is CCNC(=NCc1cc(C(CC)CC)no1)NCCS(=O)(=O)CC.I. The lowest BCUT2D eigenvalue weighted by Gasteiger charge is -2.10. The summed E-state index contributed by atoms with van der Waals surface area (Å²) in [6, 6.07) is 1.95. The molecule has 0 atom stereocenters. The number of aliphatic imine (C=N–C) groups is 1. The first-order valence-electron chi connectivity index (χ1n) is 8.63. The highest BCUT2D eigenvalue weighted by Gasteiger charge is 2.13. The van der Waals surface area contributed by atoms with Crippen LogP contribution in [0.1, 0.15) is 57.9 Å². The predicted molar refractivity (Wildman–Crippen MR) is 112 cm³/mol. The van der Waals surface area contributed by atoms with Crippen LogP contribution < -0.4 is 10.6 Å². The fourth-order valence-corrected chi connectivity index (χ4v) is 2.97. The van der Waals surface area contributed by atoms with E-state index in [9.17, 15) is 8.42 Å². The summed E-state index contributed by atoms with van der Waals surface area (Å²) < 4.78 is 28.4. The lowest BCUT2D eigenvalue weighted by atomic mass is 9.99. The Morgan fingerprint density at radius 2 is 1.92 bits per heavy atom. The molecule has 146 valence electrons. The minimum absolute atomic E-state index is 0. The van der Waals surface area contributed by atoms with Crippen LogP contribution in [0.25, 0.3) is 0 Å². The zero-order valence-electron chi connectivity index (χ0n) is 15.5. The van der Waals surface area contributed by atoms with Gasteiger partial charge in [0.05, 0.1) is 11.4 Å². The van der Waals surface area contributed by atoms with Gasteiger partial charge in [-0.05, 0) is 19.8 Å². The van der Waals surface area contributed by atoms with Gasteiger partial charge >= 0.3 is 0 Å². The summed E-state index contributed by atoms with van der Waals surface area (Å²) in [5.41, 5.74) is 0.970. The lowest BCUT2D eigenvalue weighted by molar-refractivity contribution is 0.372. The van der Waals surface area contributed by atoms with Gasteiger partial charge in [-0.15, -0.1) is 24.0 Å². The first kappa shape index (κ1) is 24.2. The van der Waals surface area contributed by atoms with E-state index in [1.54, 1.807) is 6.92 Å². The van der Waals surface area contributed by atoms with Crippen molar-refractivity contribution in [2.75, 3.05) is 24.6 Å². The van der Waals surface area contributed by atoms with Gasteiger partial charge in [0.15, 0.2) is 21.6 Å². The molecule has 9 heteroatoms. The smallest absolute Gasteiger partial charge is 0.191 e. The van der Waals surface area contributed by atoms with Crippen molar-refractivity contribution in [3.05, 3.63) is 17.5 Å². The van der Waals surface area contributed by atoms with Crippen LogP contribution in [0, 0.1) is 0 Å². The van der Waals surface area contributed by atoms with E-state index < -0.39 is 9.84 Å². The molecule has 0 aromatic carbocycles. The number of sulfone groups is 1. The Hall–Kier alpha value is -0.840. The van der Waals surface area contributed by atoms with Gasteiger partial charge in [0.25, 0.3) is 0 Å². The van der Waals surface area contributed by atoms with Gasteiger partial charge in [-0.25, -0.2) is 13.4 Å². The molecule has 1 aromatic heterocycles. The first-order valence-corrected chi connectivity index (χ1v) is 10.5. The van der Waals surface area contributed by atoms with Crippen LogP contribution in [0.3, 0.4) is 0 Å². The molecule has 1 aromatic rings. The second-order valence-electron chi connectivity index (χ2n) is 5.59. The maximum Gasteiger partial charge on any atom is 0.191 e. The quantitative estimate of drug-likeness (QED) is 0.300. The summed E-state index contributed by atoms with van der Waals surface area (Å²) in [4.78, 5) is 4.42. The number of halogens is 1. The molecule has 0 saturated heterocycles. The van der Waals surface area contributed by atoms with Crippen molar-refractivity contribution < 1.29 is 12.9 Å².